The second-order valence-corrected chi connectivity index (χ2v) is 5.44. The van der Waals surface area contributed by atoms with Crippen molar-refractivity contribution in [3.8, 4) is 11.6 Å². The Morgan fingerprint density at radius 1 is 1.10 bits per heavy atom. The SMILES string of the molecule is Nc1cc(Cl)nc(Oc2ccc3ccccc3c2Br)c1. The molecule has 0 aliphatic heterocycles. The molecule has 0 atom stereocenters. The molecule has 0 saturated carbocycles. The Labute approximate surface area is 129 Å². The molecule has 2 aromatic carbocycles. The number of nitrogen functional groups attached to an aromatic ring is 1. The minimum absolute atomic E-state index is 0.303. The van der Waals surface area contributed by atoms with Crippen LogP contribution >= 0.6 is 27.5 Å². The lowest BCUT2D eigenvalue weighted by atomic mass is 10.1. The molecule has 0 bridgehead atoms. The van der Waals surface area contributed by atoms with Crippen LogP contribution in [0.15, 0.2) is 53.0 Å². The summed E-state index contributed by atoms with van der Waals surface area (Å²) >= 11 is 9.43. The molecule has 1 aromatic heterocycles. The lowest BCUT2D eigenvalue weighted by Gasteiger charge is -2.10. The van der Waals surface area contributed by atoms with Crippen molar-refractivity contribution in [1.82, 2.24) is 4.98 Å². The number of pyridine rings is 1. The molecule has 3 aromatic rings. The molecule has 0 aliphatic rings. The zero-order valence-corrected chi connectivity index (χ0v) is 12.6. The molecule has 0 aliphatic carbocycles. The third-order valence-electron chi connectivity index (χ3n) is 2.84. The predicted molar refractivity (Wildman–Crippen MR) is 85.4 cm³/mol. The van der Waals surface area contributed by atoms with E-state index in [-0.39, 0.29) is 0 Å². The van der Waals surface area contributed by atoms with Gasteiger partial charge < -0.3 is 10.5 Å². The maximum Gasteiger partial charge on any atom is 0.222 e. The zero-order valence-electron chi connectivity index (χ0n) is 10.3. The van der Waals surface area contributed by atoms with Crippen LogP contribution in [0, 0.1) is 0 Å². The van der Waals surface area contributed by atoms with Crippen LogP contribution in [0.4, 0.5) is 5.69 Å². The second kappa shape index (κ2) is 5.31. The van der Waals surface area contributed by atoms with Crippen LogP contribution in [0.5, 0.6) is 11.6 Å². The summed E-state index contributed by atoms with van der Waals surface area (Å²) in [5.74, 6) is 1.03. The molecule has 0 fully saturated rings. The number of fused-ring (bicyclic) bond motifs is 1. The Morgan fingerprint density at radius 2 is 1.90 bits per heavy atom. The molecule has 100 valence electrons. The number of ether oxygens (including phenoxy) is 1. The molecule has 0 unspecified atom stereocenters. The number of hydrogen-bond donors (Lipinski definition) is 1. The van der Waals surface area contributed by atoms with Gasteiger partial charge in [0.05, 0.1) is 4.47 Å². The Hall–Kier alpha value is -1.78. The Bertz CT molecular complexity index is 772. The molecule has 0 amide bonds. The van der Waals surface area contributed by atoms with Crippen LogP contribution in [-0.2, 0) is 0 Å². The summed E-state index contributed by atoms with van der Waals surface area (Å²) in [5, 5.41) is 2.50. The van der Waals surface area contributed by atoms with Gasteiger partial charge in [0.2, 0.25) is 5.88 Å². The first-order valence-electron chi connectivity index (χ1n) is 5.91. The third kappa shape index (κ3) is 2.57. The molecular formula is C15H10BrClN2O. The van der Waals surface area contributed by atoms with Gasteiger partial charge in [-0.05, 0) is 38.8 Å². The maximum absolute atomic E-state index is 5.87. The minimum atomic E-state index is 0.303. The van der Waals surface area contributed by atoms with Crippen LogP contribution in [0.2, 0.25) is 5.15 Å². The fourth-order valence-corrected chi connectivity index (χ4v) is 2.73. The second-order valence-electron chi connectivity index (χ2n) is 4.26. The van der Waals surface area contributed by atoms with Gasteiger partial charge in [0, 0.05) is 11.8 Å². The van der Waals surface area contributed by atoms with E-state index in [2.05, 4.69) is 20.9 Å². The number of aromatic nitrogens is 1. The highest BCUT2D eigenvalue weighted by Gasteiger charge is 2.08. The van der Waals surface area contributed by atoms with E-state index >= 15 is 0 Å². The van der Waals surface area contributed by atoms with Crippen molar-refractivity contribution >= 4 is 44.0 Å². The number of hydrogen-bond acceptors (Lipinski definition) is 3. The predicted octanol–water partition coefficient (Wildman–Crippen LogP) is 5.03. The number of anilines is 1. The normalized spacial score (nSPS) is 10.7. The highest BCUT2D eigenvalue weighted by atomic mass is 79.9. The number of rotatable bonds is 2. The minimum Gasteiger partial charge on any atom is -0.438 e. The van der Waals surface area contributed by atoms with Gasteiger partial charge >= 0.3 is 0 Å². The fourth-order valence-electron chi connectivity index (χ4n) is 1.95. The summed E-state index contributed by atoms with van der Waals surface area (Å²) in [6.07, 6.45) is 0. The first-order valence-corrected chi connectivity index (χ1v) is 7.09. The number of nitrogens with zero attached hydrogens (tertiary/aromatic N) is 1. The maximum atomic E-state index is 5.87. The van der Waals surface area contributed by atoms with E-state index in [4.69, 9.17) is 22.1 Å². The summed E-state index contributed by atoms with van der Waals surface area (Å²) in [6.45, 7) is 0. The molecule has 2 N–H and O–H groups in total. The molecule has 20 heavy (non-hydrogen) atoms. The third-order valence-corrected chi connectivity index (χ3v) is 3.85. The van der Waals surface area contributed by atoms with Crippen molar-refractivity contribution < 1.29 is 4.74 Å². The summed E-state index contributed by atoms with van der Waals surface area (Å²) in [6, 6.07) is 15.1. The molecule has 0 spiro atoms. The van der Waals surface area contributed by atoms with E-state index in [0.29, 0.717) is 22.5 Å². The number of nitrogens with two attached hydrogens (primary N) is 1. The van der Waals surface area contributed by atoms with Crippen LogP contribution in [0.1, 0.15) is 0 Å². The molecular weight excluding hydrogens is 340 g/mol. The molecule has 0 radical (unpaired) electrons. The Kier molecular flexibility index (Phi) is 3.51. The van der Waals surface area contributed by atoms with E-state index in [1.54, 1.807) is 12.1 Å². The molecule has 3 nitrogen and oxygen atoms in total. The van der Waals surface area contributed by atoms with E-state index in [1.165, 1.54) is 0 Å². The highest BCUT2D eigenvalue weighted by Crippen LogP contribution is 2.35. The van der Waals surface area contributed by atoms with E-state index in [1.807, 2.05) is 36.4 Å². The van der Waals surface area contributed by atoms with Gasteiger partial charge in [-0.2, -0.15) is 0 Å². The van der Waals surface area contributed by atoms with Gasteiger partial charge in [-0.3, -0.25) is 0 Å². The quantitative estimate of drug-likeness (QED) is 0.660. The number of halogens is 2. The van der Waals surface area contributed by atoms with Crippen molar-refractivity contribution in [3.63, 3.8) is 0 Å². The van der Waals surface area contributed by atoms with Gasteiger partial charge in [0.25, 0.3) is 0 Å². The van der Waals surface area contributed by atoms with Crippen molar-refractivity contribution in [2.24, 2.45) is 0 Å². The van der Waals surface area contributed by atoms with Gasteiger partial charge in [-0.25, -0.2) is 4.98 Å². The van der Waals surface area contributed by atoms with E-state index in [9.17, 15) is 0 Å². The Balaban J connectivity index is 2.04. The van der Waals surface area contributed by atoms with Crippen molar-refractivity contribution in [3.05, 3.63) is 58.2 Å². The largest absolute Gasteiger partial charge is 0.438 e. The first kappa shape index (κ1) is 13.2. The highest BCUT2D eigenvalue weighted by molar-refractivity contribution is 9.10. The van der Waals surface area contributed by atoms with Crippen molar-refractivity contribution in [1.29, 1.82) is 0 Å². The average Bonchev–Trinajstić information content (AvgIpc) is 2.41. The molecule has 1 heterocycles. The van der Waals surface area contributed by atoms with Crippen LogP contribution in [0.25, 0.3) is 10.8 Å². The van der Waals surface area contributed by atoms with Gasteiger partial charge in [0.15, 0.2) is 0 Å². The topological polar surface area (TPSA) is 48.1 Å². The van der Waals surface area contributed by atoms with Crippen LogP contribution in [-0.4, -0.2) is 4.98 Å². The Morgan fingerprint density at radius 3 is 2.70 bits per heavy atom. The van der Waals surface area contributed by atoms with Crippen LogP contribution in [0.3, 0.4) is 0 Å². The number of benzene rings is 2. The summed E-state index contributed by atoms with van der Waals surface area (Å²) < 4.78 is 6.63. The van der Waals surface area contributed by atoms with E-state index < -0.39 is 0 Å². The molecule has 5 heteroatoms. The smallest absolute Gasteiger partial charge is 0.222 e. The standard InChI is InChI=1S/C15H10BrClN2O/c16-15-11-4-2-1-3-9(11)5-6-12(15)20-14-8-10(18)7-13(17)19-14/h1-8H,(H2,18,19). The fraction of sp³-hybridized carbons (Fsp3) is 0. The lowest BCUT2D eigenvalue weighted by molar-refractivity contribution is 0.461. The van der Waals surface area contributed by atoms with Crippen molar-refractivity contribution in [2.75, 3.05) is 5.73 Å². The summed E-state index contributed by atoms with van der Waals surface area (Å²) in [4.78, 5) is 4.09. The monoisotopic (exact) mass is 348 g/mol. The first-order chi connectivity index (χ1) is 9.63. The van der Waals surface area contributed by atoms with Crippen LogP contribution < -0.4 is 10.5 Å². The zero-order chi connectivity index (χ0) is 14.1. The molecule has 0 saturated heterocycles. The van der Waals surface area contributed by atoms with E-state index in [0.717, 1.165) is 15.2 Å². The van der Waals surface area contributed by atoms with Gasteiger partial charge in [-0.1, -0.05) is 41.9 Å². The summed E-state index contributed by atoms with van der Waals surface area (Å²) in [5.41, 5.74) is 6.24. The van der Waals surface area contributed by atoms with Gasteiger partial charge in [-0.15, -0.1) is 0 Å². The molecule has 3 rings (SSSR count). The lowest BCUT2D eigenvalue weighted by Crippen LogP contribution is -1.93. The average molecular weight is 350 g/mol. The van der Waals surface area contributed by atoms with Gasteiger partial charge in [0.1, 0.15) is 10.9 Å². The van der Waals surface area contributed by atoms with Crippen molar-refractivity contribution in [2.45, 2.75) is 0 Å². The summed E-state index contributed by atoms with van der Waals surface area (Å²) in [7, 11) is 0.